The first-order valence-electron chi connectivity index (χ1n) is 14.5. The van der Waals surface area contributed by atoms with Gasteiger partial charge in [-0.2, -0.15) is 0 Å². The van der Waals surface area contributed by atoms with Crippen LogP contribution in [0.25, 0.3) is 20.7 Å². The molecule has 2 aromatic heterocycles. The largest absolute Gasteiger partial charge is 0.497 e. The summed E-state index contributed by atoms with van der Waals surface area (Å²) in [7, 11) is 6.45. The molecule has 5 rings (SSSR count). The predicted octanol–water partition coefficient (Wildman–Crippen LogP) is 6.28. The van der Waals surface area contributed by atoms with Gasteiger partial charge in [0.2, 0.25) is 5.43 Å². The molecule has 0 saturated heterocycles. The molecular weight excluding hydrogens is 592 g/mol. The van der Waals surface area contributed by atoms with Gasteiger partial charge < -0.3 is 33.6 Å². The molecular formula is C35H36N2O7S. The summed E-state index contributed by atoms with van der Waals surface area (Å²) in [6.45, 7) is 3.13. The Bertz CT molecular complexity index is 1860. The van der Waals surface area contributed by atoms with E-state index in [9.17, 15) is 9.59 Å². The van der Waals surface area contributed by atoms with Crippen LogP contribution in [0.5, 0.6) is 23.0 Å². The third-order valence-corrected chi connectivity index (χ3v) is 8.78. The van der Waals surface area contributed by atoms with Gasteiger partial charge in [-0.15, -0.1) is 11.3 Å². The van der Waals surface area contributed by atoms with Crippen molar-refractivity contribution >= 4 is 27.5 Å². The first-order valence-corrected chi connectivity index (χ1v) is 15.3. The minimum atomic E-state index is -0.653. The molecule has 0 saturated carbocycles. The first kappa shape index (κ1) is 31.6. The van der Waals surface area contributed by atoms with Crippen LogP contribution < -0.4 is 29.7 Å². The van der Waals surface area contributed by atoms with Crippen molar-refractivity contribution in [2.24, 2.45) is 0 Å². The van der Waals surface area contributed by atoms with E-state index in [1.54, 1.807) is 41.6 Å². The van der Waals surface area contributed by atoms with E-state index in [0.717, 1.165) is 37.7 Å². The summed E-state index contributed by atoms with van der Waals surface area (Å²) in [6.07, 6.45) is 1.60. The highest BCUT2D eigenvalue weighted by Gasteiger charge is 2.24. The quantitative estimate of drug-likeness (QED) is 0.152. The second-order valence-electron chi connectivity index (χ2n) is 10.1. The molecule has 0 amide bonds. The number of rotatable bonds is 13. The number of nitrogens with zero attached hydrogens (tertiary/aromatic N) is 1. The zero-order valence-corrected chi connectivity index (χ0v) is 26.8. The number of aromatic nitrogens is 1. The zero-order chi connectivity index (χ0) is 31.9. The Balaban J connectivity index is 1.66. The van der Waals surface area contributed by atoms with Crippen LogP contribution in [0, 0.1) is 0 Å². The van der Waals surface area contributed by atoms with Crippen molar-refractivity contribution in [2.45, 2.75) is 26.6 Å². The zero-order valence-electron chi connectivity index (χ0n) is 26.0. The van der Waals surface area contributed by atoms with Crippen molar-refractivity contribution in [3.8, 4) is 33.4 Å². The average molecular weight is 629 g/mol. The molecule has 0 aliphatic rings. The number of ether oxygens (including phenoxy) is 5. The number of pyridine rings is 1. The average Bonchev–Trinajstić information content (AvgIpc) is 3.46. The Kier molecular flexibility index (Phi) is 10.1. The molecule has 0 unspecified atom stereocenters. The number of esters is 1. The fourth-order valence-electron chi connectivity index (χ4n) is 5.25. The number of nitrogens with one attached hydrogen (secondary N) is 1. The standard InChI is InChI=1S/C35H36N2O7S/c1-6-44-35(39)27-21-37(20-24-9-7-8-10-28(24)41-3)34-31(32(27)38)26(33(45-34)23-12-14-25(40-2)15-13-23)19-36-18-22-11-16-29(42-4)30(17-22)43-5/h7-17,21,36H,6,18-20H2,1-5H3. The van der Waals surface area contributed by atoms with Crippen LogP contribution in [0.3, 0.4) is 0 Å². The maximum Gasteiger partial charge on any atom is 0.343 e. The van der Waals surface area contributed by atoms with Crippen molar-refractivity contribution in [1.82, 2.24) is 9.88 Å². The van der Waals surface area contributed by atoms with E-state index in [1.165, 1.54) is 11.3 Å². The predicted molar refractivity (Wildman–Crippen MR) is 176 cm³/mol. The van der Waals surface area contributed by atoms with E-state index in [2.05, 4.69) is 5.32 Å². The second-order valence-corrected chi connectivity index (χ2v) is 11.1. The third-order valence-electron chi connectivity index (χ3n) is 7.47. The number of fused-ring (bicyclic) bond motifs is 1. The van der Waals surface area contributed by atoms with Crippen molar-refractivity contribution in [3.63, 3.8) is 0 Å². The van der Waals surface area contributed by atoms with Crippen molar-refractivity contribution < 1.29 is 28.5 Å². The van der Waals surface area contributed by atoms with E-state index in [1.807, 2.05) is 71.3 Å². The SMILES string of the molecule is CCOC(=O)c1cn(Cc2ccccc2OC)c2sc(-c3ccc(OC)cc3)c(CNCc3ccc(OC)c(OC)c3)c2c1=O. The summed E-state index contributed by atoms with van der Waals surface area (Å²) in [4.78, 5) is 28.9. The van der Waals surface area contributed by atoms with Gasteiger partial charge in [-0.3, -0.25) is 4.79 Å². The maximum atomic E-state index is 14.1. The van der Waals surface area contributed by atoms with Crippen LogP contribution >= 0.6 is 11.3 Å². The molecule has 2 heterocycles. The van der Waals surface area contributed by atoms with Crippen LogP contribution in [0.1, 0.15) is 34.0 Å². The maximum absolute atomic E-state index is 14.1. The lowest BCUT2D eigenvalue weighted by atomic mass is 10.0. The van der Waals surface area contributed by atoms with Crippen molar-refractivity contribution in [3.05, 3.63) is 105 Å². The Labute approximate surface area is 265 Å². The molecule has 0 fully saturated rings. The summed E-state index contributed by atoms with van der Waals surface area (Å²) in [5, 5.41) is 3.99. The topological polar surface area (TPSA) is 97.2 Å². The summed E-state index contributed by atoms with van der Waals surface area (Å²) in [5.41, 5.74) is 3.25. The molecule has 0 radical (unpaired) electrons. The normalized spacial score (nSPS) is 11.0. The molecule has 10 heteroatoms. The molecule has 45 heavy (non-hydrogen) atoms. The molecule has 0 atom stereocenters. The van der Waals surface area contributed by atoms with Gasteiger partial charge in [0.15, 0.2) is 11.5 Å². The number of carbonyl (C=O) groups excluding carboxylic acids is 1. The Morgan fingerprint density at radius 1 is 0.844 bits per heavy atom. The molecule has 5 aromatic rings. The van der Waals surface area contributed by atoms with Crippen LogP contribution in [-0.4, -0.2) is 45.6 Å². The van der Waals surface area contributed by atoms with Crippen LogP contribution in [0.15, 0.2) is 77.7 Å². The van der Waals surface area contributed by atoms with Gasteiger partial charge in [-0.25, -0.2) is 4.79 Å². The fraction of sp³-hybridized carbons (Fsp3) is 0.257. The number of thiophene rings is 1. The Hall–Kier alpha value is -4.80. The highest BCUT2D eigenvalue weighted by molar-refractivity contribution is 7.22. The minimum absolute atomic E-state index is 0.0144. The van der Waals surface area contributed by atoms with E-state index in [4.69, 9.17) is 23.7 Å². The van der Waals surface area contributed by atoms with Gasteiger partial charge in [0.1, 0.15) is 21.9 Å². The molecule has 9 nitrogen and oxygen atoms in total. The molecule has 3 aromatic carbocycles. The first-order chi connectivity index (χ1) is 21.9. The minimum Gasteiger partial charge on any atom is -0.497 e. The Morgan fingerprint density at radius 3 is 2.27 bits per heavy atom. The summed E-state index contributed by atoms with van der Waals surface area (Å²) >= 11 is 1.51. The van der Waals surface area contributed by atoms with Crippen LogP contribution in [0.4, 0.5) is 0 Å². The Morgan fingerprint density at radius 2 is 1.58 bits per heavy atom. The lowest BCUT2D eigenvalue weighted by Gasteiger charge is -2.14. The fourth-order valence-corrected chi connectivity index (χ4v) is 6.55. The van der Waals surface area contributed by atoms with Crippen molar-refractivity contribution in [2.75, 3.05) is 35.0 Å². The summed E-state index contributed by atoms with van der Waals surface area (Å²) in [6, 6.07) is 21.2. The van der Waals surface area contributed by atoms with Gasteiger partial charge in [-0.05, 0) is 66.1 Å². The number of hydrogen-bond donors (Lipinski definition) is 1. The lowest BCUT2D eigenvalue weighted by Crippen LogP contribution is -2.22. The molecule has 0 aliphatic heterocycles. The lowest BCUT2D eigenvalue weighted by molar-refractivity contribution is 0.0524. The summed E-state index contributed by atoms with van der Waals surface area (Å²) in [5.74, 6) is 2.07. The van der Waals surface area contributed by atoms with Gasteiger partial charge >= 0.3 is 5.97 Å². The highest BCUT2D eigenvalue weighted by atomic mass is 32.1. The monoisotopic (exact) mass is 628 g/mol. The number of carbonyl (C=O) groups is 1. The van der Waals surface area contributed by atoms with Gasteiger partial charge in [-0.1, -0.05) is 24.3 Å². The van der Waals surface area contributed by atoms with Crippen molar-refractivity contribution in [1.29, 1.82) is 0 Å². The smallest absolute Gasteiger partial charge is 0.343 e. The van der Waals surface area contributed by atoms with E-state index in [0.29, 0.717) is 42.3 Å². The molecule has 0 spiro atoms. The van der Waals surface area contributed by atoms with E-state index in [-0.39, 0.29) is 17.6 Å². The van der Waals surface area contributed by atoms with Gasteiger partial charge in [0.05, 0.1) is 47.0 Å². The second kappa shape index (κ2) is 14.3. The number of hydrogen-bond acceptors (Lipinski definition) is 9. The summed E-state index contributed by atoms with van der Waals surface area (Å²) < 4.78 is 29.1. The van der Waals surface area contributed by atoms with Crippen LogP contribution in [-0.2, 0) is 24.4 Å². The van der Waals surface area contributed by atoms with Gasteiger partial charge in [0.25, 0.3) is 0 Å². The molecule has 234 valence electrons. The van der Waals surface area contributed by atoms with Gasteiger partial charge in [0, 0.05) is 29.7 Å². The number of benzene rings is 3. The van der Waals surface area contributed by atoms with Crippen LogP contribution in [0.2, 0.25) is 0 Å². The van der Waals surface area contributed by atoms with E-state index >= 15 is 0 Å². The highest BCUT2D eigenvalue weighted by Crippen LogP contribution is 2.39. The third kappa shape index (κ3) is 6.67. The number of methoxy groups -OCH3 is 4. The number of para-hydroxylation sites is 1. The van der Waals surface area contributed by atoms with E-state index < -0.39 is 5.97 Å². The molecule has 0 bridgehead atoms. The molecule has 1 N–H and O–H groups in total. The molecule has 0 aliphatic carbocycles.